The zero-order chi connectivity index (χ0) is 10.6. The van der Waals surface area contributed by atoms with Crippen molar-refractivity contribution in [2.45, 2.75) is 33.6 Å². The molecule has 3 nitrogen and oxygen atoms in total. The van der Waals surface area contributed by atoms with Crippen LogP contribution in [0.1, 0.15) is 39.3 Å². The molecule has 0 spiro atoms. The Morgan fingerprint density at radius 3 is 2.64 bits per heavy atom. The summed E-state index contributed by atoms with van der Waals surface area (Å²) in [6, 6.07) is 3.85. The van der Waals surface area contributed by atoms with Gasteiger partial charge in [-0.2, -0.15) is 5.10 Å². The Kier molecular flexibility index (Phi) is 3.63. The molecule has 2 aromatic rings. The van der Waals surface area contributed by atoms with E-state index in [1.807, 2.05) is 36.7 Å². The van der Waals surface area contributed by atoms with Gasteiger partial charge in [0, 0.05) is 6.20 Å². The number of nitrogens with zero attached hydrogens (tertiary/aromatic N) is 3. The molecule has 0 fully saturated rings. The average Bonchev–Trinajstić information content (AvgIpc) is 2.64. The van der Waals surface area contributed by atoms with Gasteiger partial charge in [0.15, 0.2) is 5.65 Å². The second-order valence-corrected chi connectivity index (χ2v) is 3.13. The molecule has 76 valence electrons. The number of aromatic nitrogens is 3. The van der Waals surface area contributed by atoms with Crippen molar-refractivity contribution in [3.63, 3.8) is 0 Å². The first-order valence-electron chi connectivity index (χ1n) is 5.07. The van der Waals surface area contributed by atoms with E-state index in [0.29, 0.717) is 5.92 Å². The number of hydrogen-bond acceptors (Lipinski definition) is 2. The Balaban J connectivity index is 0.000000461. The van der Waals surface area contributed by atoms with Gasteiger partial charge in [0.05, 0.1) is 11.9 Å². The molecule has 0 radical (unpaired) electrons. The van der Waals surface area contributed by atoms with Crippen LogP contribution >= 0.6 is 0 Å². The molecular formula is C11H17N3. The van der Waals surface area contributed by atoms with Gasteiger partial charge in [-0.15, -0.1) is 0 Å². The fourth-order valence-electron chi connectivity index (χ4n) is 1.24. The zero-order valence-corrected chi connectivity index (χ0v) is 9.23. The van der Waals surface area contributed by atoms with Crippen LogP contribution in [0.25, 0.3) is 5.65 Å². The molecule has 0 bridgehead atoms. The summed E-state index contributed by atoms with van der Waals surface area (Å²) in [6.45, 7) is 8.27. The molecular weight excluding hydrogens is 174 g/mol. The maximum absolute atomic E-state index is 4.24. The molecule has 0 atom stereocenters. The lowest BCUT2D eigenvalue weighted by molar-refractivity contribution is 0.759. The minimum atomic E-state index is 0.468. The predicted octanol–water partition coefficient (Wildman–Crippen LogP) is 2.88. The van der Waals surface area contributed by atoms with Gasteiger partial charge in [0.2, 0.25) is 0 Å². The van der Waals surface area contributed by atoms with Gasteiger partial charge in [-0.05, 0) is 18.1 Å². The normalized spacial score (nSPS) is 10.1. The number of hydrogen-bond donors (Lipinski definition) is 0. The first-order valence-corrected chi connectivity index (χ1v) is 5.07. The molecule has 0 aliphatic carbocycles. The van der Waals surface area contributed by atoms with E-state index in [1.165, 1.54) is 0 Å². The molecule has 3 heteroatoms. The second kappa shape index (κ2) is 4.74. The Morgan fingerprint density at radius 1 is 1.29 bits per heavy atom. The highest BCUT2D eigenvalue weighted by molar-refractivity contribution is 5.38. The summed E-state index contributed by atoms with van der Waals surface area (Å²) in [5.41, 5.74) is 2.08. The van der Waals surface area contributed by atoms with Crippen molar-refractivity contribution >= 4 is 5.65 Å². The maximum Gasteiger partial charge on any atom is 0.153 e. The molecule has 0 aliphatic rings. The Morgan fingerprint density at radius 2 is 2.00 bits per heavy atom. The Labute approximate surface area is 84.8 Å². The monoisotopic (exact) mass is 191 g/mol. The number of fused-ring (bicyclic) bond motifs is 1. The van der Waals surface area contributed by atoms with Crippen LogP contribution in [0, 0.1) is 0 Å². The smallest absolute Gasteiger partial charge is 0.153 e. The third-order valence-corrected chi connectivity index (χ3v) is 1.90. The van der Waals surface area contributed by atoms with Crippen molar-refractivity contribution in [3.8, 4) is 0 Å². The average molecular weight is 191 g/mol. The number of imidazole rings is 1. The van der Waals surface area contributed by atoms with Crippen LogP contribution in [-0.4, -0.2) is 14.6 Å². The summed E-state index contributed by atoms with van der Waals surface area (Å²) in [4.78, 5) is 4.24. The van der Waals surface area contributed by atoms with Crippen LogP contribution in [0.4, 0.5) is 0 Å². The van der Waals surface area contributed by atoms with E-state index in [1.54, 1.807) is 6.20 Å². The standard InChI is InChI=1S/C9H11N3.C2H6/c1-7(2)8-6-10-9-4-3-5-11-12(8)9;1-2/h3-7H,1-2H3;1-2H3. The van der Waals surface area contributed by atoms with Crippen LogP contribution < -0.4 is 0 Å². The quantitative estimate of drug-likeness (QED) is 0.693. The van der Waals surface area contributed by atoms with Gasteiger partial charge in [-0.25, -0.2) is 9.50 Å². The van der Waals surface area contributed by atoms with Crippen molar-refractivity contribution in [3.05, 3.63) is 30.2 Å². The minimum absolute atomic E-state index is 0.468. The summed E-state index contributed by atoms with van der Waals surface area (Å²) in [6.07, 6.45) is 3.66. The first kappa shape index (κ1) is 10.7. The molecule has 0 amide bonds. The van der Waals surface area contributed by atoms with Crippen molar-refractivity contribution in [1.29, 1.82) is 0 Å². The van der Waals surface area contributed by atoms with E-state index in [9.17, 15) is 0 Å². The van der Waals surface area contributed by atoms with Crippen LogP contribution in [-0.2, 0) is 0 Å². The molecule has 2 rings (SSSR count). The van der Waals surface area contributed by atoms with Crippen LogP contribution in [0.5, 0.6) is 0 Å². The summed E-state index contributed by atoms with van der Waals surface area (Å²) < 4.78 is 1.88. The maximum atomic E-state index is 4.24. The van der Waals surface area contributed by atoms with Gasteiger partial charge >= 0.3 is 0 Å². The summed E-state index contributed by atoms with van der Waals surface area (Å²) in [7, 11) is 0. The van der Waals surface area contributed by atoms with Gasteiger partial charge in [-0.1, -0.05) is 27.7 Å². The topological polar surface area (TPSA) is 30.2 Å². The van der Waals surface area contributed by atoms with Crippen molar-refractivity contribution in [2.75, 3.05) is 0 Å². The molecule has 0 unspecified atom stereocenters. The van der Waals surface area contributed by atoms with Crippen LogP contribution in [0.15, 0.2) is 24.5 Å². The van der Waals surface area contributed by atoms with Gasteiger partial charge in [-0.3, -0.25) is 0 Å². The van der Waals surface area contributed by atoms with Crippen molar-refractivity contribution in [1.82, 2.24) is 14.6 Å². The van der Waals surface area contributed by atoms with E-state index in [0.717, 1.165) is 11.3 Å². The van der Waals surface area contributed by atoms with Crippen LogP contribution in [0.2, 0.25) is 0 Å². The van der Waals surface area contributed by atoms with Crippen molar-refractivity contribution in [2.24, 2.45) is 0 Å². The number of rotatable bonds is 1. The minimum Gasteiger partial charge on any atom is -0.235 e. The summed E-state index contributed by atoms with van der Waals surface area (Å²) in [5, 5.41) is 4.22. The first-order chi connectivity index (χ1) is 6.79. The fourth-order valence-corrected chi connectivity index (χ4v) is 1.24. The van der Waals surface area contributed by atoms with E-state index in [4.69, 9.17) is 0 Å². The van der Waals surface area contributed by atoms with Crippen LogP contribution in [0.3, 0.4) is 0 Å². The molecule has 0 saturated carbocycles. The van der Waals surface area contributed by atoms with E-state index < -0.39 is 0 Å². The van der Waals surface area contributed by atoms with E-state index in [-0.39, 0.29) is 0 Å². The van der Waals surface area contributed by atoms with Crippen molar-refractivity contribution < 1.29 is 0 Å². The lowest BCUT2D eigenvalue weighted by Gasteiger charge is -2.01. The van der Waals surface area contributed by atoms with E-state index in [2.05, 4.69) is 23.9 Å². The molecule has 0 aliphatic heterocycles. The lowest BCUT2D eigenvalue weighted by Crippen LogP contribution is -1.97. The molecule has 0 N–H and O–H groups in total. The lowest BCUT2D eigenvalue weighted by atomic mass is 10.2. The van der Waals surface area contributed by atoms with E-state index >= 15 is 0 Å². The molecule has 2 heterocycles. The van der Waals surface area contributed by atoms with Gasteiger partial charge in [0.1, 0.15) is 0 Å². The molecule has 0 aromatic carbocycles. The fraction of sp³-hybridized carbons (Fsp3) is 0.455. The van der Waals surface area contributed by atoms with Gasteiger partial charge in [0.25, 0.3) is 0 Å². The highest BCUT2D eigenvalue weighted by Crippen LogP contribution is 2.13. The highest BCUT2D eigenvalue weighted by Gasteiger charge is 2.05. The molecule has 0 saturated heterocycles. The molecule has 2 aromatic heterocycles. The SMILES string of the molecule is CC.CC(C)c1cnc2cccnn12. The second-order valence-electron chi connectivity index (χ2n) is 3.13. The Bertz CT molecular complexity index is 390. The van der Waals surface area contributed by atoms with Gasteiger partial charge < -0.3 is 0 Å². The summed E-state index contributed by atoms with van der Waals surface area (Å²) in [5.74, 6) is 0.468. The predicted molar refractivity (Wildman–Crippen MR) is 58.4 cm³/mol. The Hall–Kier alpha value is -1.38. The summed E-state index contributed by atoms with van der Waals surface area (Å²) >= 11 is 0. The molecule has 14 heavy (non-hydrogen) atoms. The third-order valence-electron chi connectivity index (χ3n) is 1.90. The zero-order valence-electron chi connectivity index (χ0n) is 9.23. The third kappa shape index (κ3) is 1.92. The highest BCUT2D eigenvalue weighted by atomic mass is 15.2. The largest absolute Gasteiger partial charge is 0.235 e.